The third-order valence-corrected chi connectivity index (χ3v) is 3.96. The number of rotatable bonds is 5. The third kappa shape index (κ3) is 3.05. The van der Waals surface area contributed by atoms with Crippen molar-refractivity contribution in [1.82, 2.24) is 0 Å². The van der Waals surface area contributed by atoms with Gasteiger partial charge in [-0.15, -0.1) is 11.3 Å². The van der Waals surface area contributed by atoms with Crippen molar-refractivity contribution >= 4 is 28.6 Å². The summed E-state index contributed by atoms with van der Waals surface area (Å²) in [6, 6.07) is 9.86. The number of nitrogens with zero attached hydrogens (tertiary/aromatic N) is 1. The van der Waals surface area contributed by atoms with Crippen molar-refractivity contribution in [1.29, 1.82) is 0 Å². The fraction of sp³-hybridized carbons (Fsp3) is 0.286. The molecule has 96 valence electrons. The summed E-state index contributed by atoms with van der Waals surface area (Å²) in [6.07, 6.45) is 0. The molecule has 0 saturated heterocycles. The molecule has 0 spiro atoms. The first-order chi connectivity index (χ1) is 8.74. The zero-order chi connectivity index (χ0) is 13.0. The van der Waals surface area contributed by atoms with Crippen molar-refractivity contribution in [2.45, 2.75) is 20.1 Å². The molecule has 0 aliphatic carbocycles. The molecule has 0 aliphatic heterocycles. The highest BCUT2D eigenvalue weighted by molar-refractivity contribution is 7.09. The Morgan fingerprint density at radius 2 is 2.17 bits per heavy atom. The first kappa shape index (κ1) is 13.4. The van der Waals surface area contributed by atoms with Gasteiger partial charge in [-0.1, -0.05) is 17.7 Å². The molecular weight excluding hydrogens is 266 g/mol. The lowest BCUT2D eigenvalue weighted by Crippen LogP contribution is -2.22. The Labute approximate surface area is 116 Å². The molecule has 4 heteroatoms. The lowest BCUT2D eigenvalue weighted by molar-refractivity contribution is 0.282. The monoisotopic (exact) mass is 281 g/mol. The Bertz CT molecular complexity index is 499. The fourth-order valence-electron chi connectivity index (χ4n) is 1.95. The number of benzene rings is 1. The highest BCUT2D eigenvalue weighted by Crippen LogP contribution is 2.26. The van der Waals surface area contributed by atoms with Gasteiger partial charge in [0.05, 0.1) is 13.2 Å². The first-order valence-corrected chi connectivity index (χ1v) is 7.17. The molecule has 1 N–H and O–H groups in total. The van der Waals surface area contributed by atoms with Gasteiger partial charge in [-0.3, -0.25) is 0 Å². The zero-order valence-electron chi connectivity index (χ0n) is 10.3. The molecule has 0 saturated carbocycles. The van der Waals surface area contributed by atoms with E-state index in [0.29, 0.717) is 5.02 Å². The zero-order valence-corrected chi connectivity index (χ0v) is 11.8. The average Bonchev–Trinajstić information content (AvgIpc) is 2.89. The van der Waals surface area contributed by atoms with Gasteiger partial charge in [0.1, 0.15) is 0 Å². The maximum absolute atomic E-state index is 9.43. The predicted molar refractivity (Wildman–Crippen MR) is 78.4 cm³/mol. The van der Waals surface area contributed by atoms with Crippen LogP contribution in [0.3, 0.4) is 0 Å². The third-order valence-electron chi connectivity index (χ3n) is 2.86. The topological polar surface area (TPSA) is 23.5 Å². The first-order valence-electron chi connectivity index (χ1n) is 5.91. The van der Waals surface area contributed by atoms with Crippen LogP contribution in [0.15, 0.2) is 35.7 Å². The van der Waals surface area contributed by atoms with Gasteiger partial charge in [-0.05, 0) is 36.6 Å². The minimum atomic E-state index is 0.0107. The number of hydrogen-bond donors (Lipinski definition) is 1. The van der Waals surface area contributed by atoms with E-state index < -0.39 is 0 Å². The summed E-state index contributed by atoms with van der Waals surface area (Å²) in [7, 11) is 0. The largest absolute Gasteiger partial charge is 0.392 e. The van der Waals surface area contributed by atoms with Crippen LogP contribution in [0.25, 0.3) is 0 Å². The van der Waals surface area contributed by atoms with Crippen LogP contribution in [0.5, 0.6) is 0 Å². The van der Waals surface area contributed by atoms with Crippen molar-refractivity contribution in [3.05, 3.63) is 51.2 Å². The van der Waals surface area contributed by atoms with Gasteiger partial charge in [0, 0.05) is 27.7 Å². The molecule has 0 bridgehead atoms. The second-order valence-corrected chi connectivity index (χ2v) is 5.49. The Morgan fingerprint density at radius 1 is 1.33 bits per heavy atom. The molecule has 1 heterocycles. The summed E-state index contributed by atoms with van der Waals surface area (Å²) < 4.78 is 0. The molecule has 1 aromatic heterocycles. The molecule has 18 heavy (non-hydrogen) atoms. The Hall–Kier alpha value is -1.03. The minimum Gasteiger partial charge on any atom is -0.392 e. The van der Waals surface area contributed by atoms with Crippen molar-refractivity contribution < 1.29 is 5.11 Å². The number of hydrogen-bond acceptors (Lipinski definition) is 3. The van der Waals surface area contributed by atoms with Crippen LogP contribution >= 0.6 is 22.9 Å². The standard InChI is InChI=1S/C14H16ClNOS/c1-2-16(9-13-4-3-7-18-13)14-6-5-12(15)8-11(14)10-17/h3-8,17H,2,9-10H2,1H3. The van der Waals surface area contributed by atoms with Gasteiger partial charge in [-0.2, -0.15) is 0 Å². The second-order valence-electron chi connectivity index (χ2n) is 4.02. The Kier molecular flexibility index (Phi) is 4.64. The molecular formula is C14H16ClNOS. The van der Waals surface area contributed by atoms with Gasteiger partial charge in [0.2, 0.25) is 0 Å². The summed E-state index contributed by atoms with van der Waals surface area (Å²) in [6.45, 7) is 3.88. The maximum atomic E-state index is 9.43. The smallest absolute Gasteiger partial charge is 0.0702 e. The maximum Gasteiger partial charge on any atom is 0.0702 e. The van der Waals surface area contributed by atoms with Gasteiger partial charge < -0.3 is 10.0 Å². The van der Waals surface area contributed by atoms with Crippen LogP contribution in [0.1, 0.15) is 17.4 Å². The quantitative estimate of drug-likeness (QED) is 0.898. The molecule has 1 aromatic carbocycles. The highest BCUT2D eigenvalue weighted by atomic mass is 35.5. The van der Waals surface area contributed by atoms with Gasteiger partial charge in [0.25, 0.3) is 0 Å². The summed E-state index contributed by atoms with van der Waals surface area (Å²) in [5.74, 6) is 0. The average molecular weight is 282 g/mol. The van der Waals surface area contributed by atoms with Crippen LogP contribution in [0.4, 0.5) is 5.69 Å². The molecule has 2 rings (SSSR count). The molecule has 0 unspecified atom stereocenters. The molecule has 0 fully saturated rings. The summed E-state index contributed by atoms with van der Waals surface area (Å²) in [4.78, 5) is 3.56. The number of anilines is 1. The van der Waals surface area contributed by atoms with Gasteiger partial charge in [0.15, 0.2) is 0 Å². The molecule has 0 atom stereocenters. The van der Waals surface area contributed by atoms with Crippen molar-refractivity contribution in [2.75, 3.05) is 11.4 Å². The molecule has 2 aromatic rings. The SMILES string of the molecule is CCN(Cc1cccs1)c1ccc(Cl)cc1CO. The van der Waals surface area contributed by atoms with E-state index in [0.717, 1.165) is 24.3 Å². The van der Waals surface area contributed by atoms with Crippen LogP contribution in [0, 0.1) is 0 Å². The molecule has 2 nitrogen and oxygen atoms in total. The second kappa shape index (κ2) is 6.23. The van der Waals surface area contributed by atoms with Crippen molar-refractivity contribution in [3.63, 3.8) is 0 Å². The number of aliphatic hydroxyl groups excluding tert-OH is 1. The van der Waals surface area contributed by atoms with E-state index in [4.69, 9.17) is 11.6 Å². The molecule has 0 aliphatic rings. The van der Waals surface area contributed by atoms with Crippen LogP contribution in [0.2, 0.25) is 5.02 Å². The van der Waals surface area contributed by atoms with Gasteiger partial charge in [-0.25, -0.2) is 0 Å². The van der Waals surface area contributed by atoms with E-state index in [2.05, 4.69) is 29.3 Å². The van der Waals surface area contributed by atoms with Crippen molar-refractivity contribution in [2.24, 2.45) is 0 Å². The summed E-state index contributed by atoms with van der Waals surface area (Å²) in [5, 5.41) is 12.2. The van der Waals surface area contributed by atoms with E-state index in [-0.39, 0.29) is 6.61 Å². The van der Waals surface area contributed by atoms with Gasteiger partial charge >= 0.3 is 0 Å². The van der Waals surface area contributed by atoms with Crippen molar-refractivity contribution in [3.8, 4) is 0 Å². The number of thiophene rings is 1. The summed E-state index contributed by atoms with van der Waals surface area (Å²) >= 11 is 7.71. The Morgan fingerprint density at radius 3 is 2.78 bits per heavy atom. The normalized spacial score (nSPS) is 10.6. The number of halogens is 1. The van der Waals surface area contributed by atoms with Crippen LogP contribution in [-0.4, -0.2) is 11.7 Å². The number of aliphatic hydroxyl groups is 1. The summed E-state index contributed by atoms with van der Waals surface area (Å²) in [5.41, 5.74) is 1.93. The molecule has 0 amide bonds. The predicted octanol–water partition coefficient (Wildman–Crippen LogP) is 3.92. The Balaban J connectivity index is 2.26. The van der Waals surface area contributed by atoms with Crippen LogP contribution < -0.4 is 4.90 Å². The van der Waals surface area contributed by atoms with E-state index >= 15 is 0 Å². The lowest BCUT2D eigenvalue weighted by atomic mass is 10.1. The van der Waals surface area contributed by atoms with E-state index in [1.807, 2.05) is 18.2 Å². The van der Waals surface area contributed by atoms with E-state index in [9.17, 15) is 5.11 Å². The van der Waals surface area contributed by atoms with E-state index in [1.165, 1.54) is 4.88 Å². The van der Waals surface area contributed by atoms with Crippen LogP contribution in [-0.2, 0) is 13.2 Å². The highest BCUT2D eigenvalue weighted by Gasteiger charge is 2.11. The molecule has 0 radical (unpaired) electrons. The fourth-order valence-corrected chi connectivity index (χ4v) is 2.86. The minimum absolute atomic E-state index is 0.0107. The van der Waals surface area contributed by atoms with E-state index in [1.54, 1.807) is 11.3 Å². The lowest BCUT2D eigenvalue weighted by Gasteiger charge is -2.25.